The molecule has 5 nitrogen and oxygen atoms in total. The summed E-state index contributed by atoms with van der Waals surface area (Å²) in [6.07, 6.45) is 0.673. The molecule has 1 heterocycles. The standard InChI is InChI=1S/C13H20N2O3/c1-8(2)6-10(7-16)15-13(18)11-5-4-9(3)14-12(11)17/h4-5,8,10,16H,6-7H2,1-3H3,(H,14,17)(H,15,18). The molecule has 1 aromatic rings. The third-order valence-corrected chi connectivity index (χ3v) is 2.61. The van der Waals surface area contributed by atoms with E-state index in [2.05, 4.69) is 10.3 Å². The minimum Gasteiger partial charge on any atom is -0.394 e. The number of aliphatic hydroxyl groups is 1. The van der Waals surface area contributed by atoms with Crippen LogP contribution >= 0.6 is 0 Å². The molecule has 0 bridgehead atoms. The molecule has 5 heteroatoms. The first kappa shape index (κ1) is 14.4. The quantitative estimate of drug-likeness (QED) is 0.725. The average molecular weight is 252 g/mol. The third-order valence-electron chi connectivity index (χ3n) is 2.61. The number of carbonyl (C=O) groups excluding carboxylic acids is 1. The number of pyridine rings is 1. The van der Waals surface area contributed by atoms with Gasteiger partial charge in [-0.05, 0) is 31.4 Å². The molecule has 0 saturated heterocycles. The minimum absolute atomic E-state index is 0.0720. The van der Waals surface area contributed by atoms with E-state index < -0.39 is 11.5 Å². The molecular formula is C13H20N2O3. The summed E-state index contributed by atoms with van der Waals surface area (Å²) in [7, 11) is 0. The van der Waals surface area contributed by atoms with Crippen LogP contribution in [0.5, 0.6) is 0 Å². The zero-order chi connectivity index (χ0) is 13.7. The summed E-state index contributed by atoms with van der Waals surface area (Å²) in [6, 6.07) is 2.85. The van der Waals surface area contributed by atoms with Gasteiger partial charge in [-0.15, -0.1) is 0 Å². The van der Waals surface area contributed by atoms with Gasteiger partial charge in [-0.1, -0.05) is 13.8 Å². The largest absolute Gasteiger partial charge is 0.394 e. The summed E-state index contributed by atoms with van der Waals surface area (Å²) in [4.78, 5) is 26.1. The number of carbonyl (C=O) groups is 1. The highest BCUT2D eigenvalue weighted by atomic mass is 16.3. The summed E-state index contributed by atoms with van der Waals surface area (Å²) >= 11 is 0. The normalized spacial score (nSPS) is 12.5. The molecule has 0 spiro atoms. The van der Waals surface area contributed by atoms with Gasteiger partial charge in [0, 0.05) is 5.69 Å². The lowest BCUT2D eigenvalue weighted by molar-refractivity contribution is 0.0907. The number of aromatic nitrogens is 1. The SMILES string of the molecule is Cc1ccc(C(=O)NC(CO)CC(C)C)c(=O)[nH]1. The first-order chi connectivity index (χ1) is 8.43. The van der Waals surface area contributed by atoms with E-state index in [1.54, 1.807) is 13.0 Å². The highest BCUT2D eigenvalue weighted by molar-refractivity contribution is 5.93. The van der Waals surface area contributed by atoms with E-state index in [4.69, 9.17) is 0 Å². The molecule has 1 aromatic heterocycles. The van der Waals surface area contributed by atoms with Crippen LogP contribution in [-0.4, -0.2) is 28.6 Å². The molecule has 3 N–H and O–H groups in total. The Kier molecular flexibility index (Phi) is 5.09. The molecule has 0 aromatic carbocycles. The van der Waals surface area contributed by atoms with Gasteiger partial charge in [0.1, 0.15) is 5.56 Å². The van der Waals surface area contributed by atoms with Crippen LogP contribution in [-0.2, 0) is 0 Å². The Labute approximate surface area is 106 Å². The Balaban J connectivity index is 2.78. The van der Waals surface area contributed by atoms with Crippen LogP contribution in [0.3, 0.4) is 0 Å². The fourth-order valence-corrected chi connectivity index (χ4v) is 1.76. The predicted octanol–water partition coefficient (Wildman–Crippen LogP) is 0.820. The first-order valence-electron chi connectivity index (χ1n) is 6.05. The maximum Gasteiger partial charge on any atom is 0.260 e. The maximum absolute atomic E-state index is 11.9. The highest BCUT2D eigenvalue weighted by Gasteiger charge is 2.16. The molecule has 1 unspecified atom stereocenters. The van der Waals surface area contributed by atoms with E-state index in [-0.39, 0.29) is 18.2 Å². The van der Waals surface area contributed by atoms with Gasteiger partial charge in [-0.25, -0.2) is 0 Å². The van der Waals surface area contributed by atoms with Crippen LogP contribution in [0.1, 0.15) is 36.3 Å². The van der Waals surface area contributed by atoms with Crippen molar-refractivity contribution >= 4 is 5.91 Å². The maximum atomic E-state index is 11.9. The summed E-state index contributed by atoms with van der Waals surface area (Å²) in [5.41, 5.74) is 0.369. The number of hydrogen-bond donors (Lipinski definition) is 3. The lowest BCUT2D eigenvalue weighted by Gasteiger charge is -2.18. The number of aliphatic hydroxyl groups excluding tert-OH is 1. The molecule has 1 amide bonds. The second-order valence-electron chi connectivity index (χ2n) is 4.87. The Morgan fingerprint density at radius 1 is 1.44 bits per heavy atom. The van der Waals surface area contributed by atoms with Crippen molar-refractivity contribution in [2.45, 2.75) is 33.2 Å². The minimum atomic E-state index is -0.448. The molecule has 1 rings (SSSR count). The fourth-order valence-electron chi connectivity index (χ4n) is 1.76. The number of amides is 1. The van der Waals surface area contributed by atoms with Gasteiger partial charge < -0.3 is 15.4 Å². The third kappa shape index (κ3) is 4.00. The smallest absolute Gasteiger partial charge is 0.260 e. The molecule has 0 aliphatic carbocycles. The van der Waals surface area contributed by atoms with Crippen LogP contribution in [0.4, 0.5) is 0 Å². The van der Waals surface area contributed by atoms with Gasteiger partial charge in [0.25, 0.3) is 11.5 Å². The second-order valence-corrected chi connectivity index (χ2v) is 4.87. The van der Waals surface area contributed by atoms with Crippen LogP contribution in [0, 0.1) is 12.8 Å². The number of aryl methyl sites for hydroxylation is 1. The van der Waals surface area contributed by atoms with Gasteiger partial charge in [0.15, 0.2) is 0 Å². The van der Waals surface area contributed by atoms with Crippen molar-refractivity contribution in [1.82, 2.24) is 10.3 Å². The molecule has 100 valence electrons. The van der Waals surface area contributed by atoms with Crippen LogP contribution in [0.15, 0.2) is 16.9 Å². The van der Waals surface area contributed by atoms with Gasteiger partial charge in [0.2, 0.25) is 0 Å². The van der Waals surface area contributed by atoms with E-state index >= 15 is 0 Å². The van der Waals surface area contributed by atoms with Gasteiger partial charge in [-0.2, -0.15) is 0 Å². The van der Waals surface area contributed by atoms with E-state index in [9.17, 15) is 14.7 Å². The van der Waals surface area contributed by atoms with Crippen molar-refractivity contribution in [1.29, 1.82) is 0 Å². The molecule has 18 heavy (non-hydrogen) atoms. The molecule has 0 saturated carbocycles. The molecule has 0 aliphatic rings. The van der Waals surface area contributed by atoms with E-state index in [1.165, 1.54) is 6.07 Å². The van der Waals surface area contributed by atoms with Gasteiger partial charge in [0.05, 0.1) is 12.6 Å². The molecule has 1 atom stereocenters. The Morgan fingerprint density at radius 2 is 2.11 bits per heavy atom. The monoisotopic (exact) mass is 252 g/mol. The number of rotatable bonds is 5. The number of hydrogen-bond acceptors (Lipinski definition) is 3. The lowest BCUT2D eigenvalue weighted by Crippen LogP contribution is -2.40. The van der Waals surface area contributed by atoms with Crippen molar-refractivity contribution < 1.29 is 9.90 Å². The average Bonchev–Trinajstić information content (AvgIpc) is 2.27. The Hall–Kier alpha value is -1.62. The van der Waals surface area contributed by atoms with Gasteiger partial charge >= 0.3 is 0 Å². The van der Waals surface area contributed by atoms with E-state index in [0.29, 0.717) is 18.0 Å². The van der Waals surface area contributed by atoms with Crippen molar-refractivity contribution in [3.05, 3.63) is 33.7 Å². The topological polar surface area (TPSA) is 82.2 Å². The molecule has 0 radical (unpaired) electrons. The van der Waals surface area contributed by atoms with Crippen LogP contribution in [0.2, 0.25) is 0 Å². The van der Waals surface area contributed by atoms with Crippen molar-refractivity contribution in [2.75, 3.05) is 6.61 Å². The Morgan fingerprint density at radius 3 is 2.61 bits per heavy atom. The fraction of sp³-hybridized carbons (Fsp3) is 0.538. The summed E-state index contributed by atoms with van der Waals surface area (Å²) in [5.74, 6) is -0.0882. The van der Waals surface area contributed by atoms with Crippen molar-refractivity contribution in [3.63, 3.8) is 0 Å². The summed E-state index contributed by atoms with van der Waals surface area (Å²) in [5, 5.41) is 11.8. The second kappa shape index (κ2) is 6.35. The molecule has 0 aliphatic heterocycles. The Bertz CT molecular complexity index is 466. The van der Waals surface area contributed by atoms with E-state index in [0.717, 1.165) is 0 Å². The van der Waals surface area contributed by atoms with Crippen molar-refractivity contribution in [2.24, 2.45) is 5.92 Å². The number of aromatic amines is 1. The highest BCUT2D eigenvalue weighted by Crippen LogP contribution is 2.05. The molecular weight excluding hydrogens is 232 g/mol. The summed E-state index contributed by atoms with van der Waals surface area (Å²) in [6.45, 7) is 5.63. The van der Waals surface area contributed by atoms with Crippen molar-refractivity contribution in [3.8, 4) is 0 Å². The predicted molar refractivity (Wildman–Crippen MR) is 69.6 cm³/mol. The lowest BCUT2D eigenvalue weighted by atomic mass is 10.0. The number of nitrogens with one attached hydrogen (secondary N) is 2. The first-order valence-corrected chi connectivity index (χ1v) is 6.05. The zero-order valence-electron chi connectivity index (χ0n) is 11.0. The van der Waals surface area contributed by atoms with Crippen LogP contribution < -0.4 is 10.9 Å². The summed E-state index contributed by atoms with van der Waals surface area (Å²) < 4.78 is 0. The zero-order valence-corrected chi connectivity index (χ0v) is 11.0. The van der Waals surface area contributed by atoms with Gasteiger partial charge in [-0.3, -0.25) is 9.59 Å². The van der Waals surface area contributed by atoms with E-state index in [1.807, 2.05) is 13.8 Å². The number of H-pyrrole nitrogens is 1. The van der Waals surface area contributed by atoms with Crippen LogP contribution in [0.25, 0.3) is 0 Å². The molecule has 0 fully saturated rings.